The van der Waals surface area contributed by atoms with Crippen LogP contribution in [-0.2, 0) is 9.53 Å². The van der Waals surface area contributed by atoms with Gasteiger partial charge in [0, 0.05) is 6.54 Å². The molecule has 2 rings (SSSR count). The van der Waals surface area contributed by atoms with Gasteiger partial charge in [0.25, 0.3) is 5.91 Å². The fourth-order valence-corrected chi connectivity index (χ4v) is 1.80. The number of carbonyl (C=O) groups excluding carboxylic acids is 2. The Morgan fingerprint density at radius 1 is 1.24 bits per heavy atom. The van der Waals surface area contributed by atoms with Crippen molar-refractivity contribution in [2.45, 2.75) is 25.4 Å². The largest absolute Gasteiger partial charge is 0.449 e. The molecular formula is C13H15NO3. The summed E-state index contributed by atoms with van der Waals surface area (Å²) in [5.74, 6) is -0.626. The summed E-state index contributed by atoms with van der Waals surface area (Å²) in [6.07, 6.45) is 1.78. The Hall–Kier alpha value is -1.84. The topological polar surface area (TPSA) is 55.4 Å². The Balaban J connectivity index is 2.00. The molecule has 0 saturated carbocycles. The molecule has 1 saturated heterocycles. The van der Waals surface area contributed by atoms with Gasteiger partial charge in [-0.25, -0.2) is 4.79 Å². The molecule has 1 aliphatic heterocycles. The van der Waals surface area contributed by atoms with Crippen LogP contribution in [0.25, 0.3) is 0 Å². The number of hydrogen-bond acceptors (Lipinski definition) is 3. The van der Waals surface area contributed by atoms with Crippen LogP contribution in [-0.4, -0.2) is 24.5 Å². The van der Waals surface area contributed by atoms with E-state index in [1.807, 2.05) is 6.07 Å². The van der Waals surface area contributed by atoms with Crippen LogP contribution in [0.3, 0.4) is 0 Å². The summed E-state index contributed by atoms with van der Waals surface area (Å²) in [6, 6.07) is 8.72. The van der Waals surface area contributed by atoms with E-state index in [2.05, 4.69) is 5.32 Å². The molecule has 1 amide bonds. The van der Waals surface area contributed by atoms with E-state index in [-0.39, 0.29) is 5.91 Å². The molecule has 1 aliphatic rings. The number of hydrogen-bond donors (Lipinski definition) is 1. The number of esters is 1. The highest BCUT2D eigenvalue weighted by Gasteiger charge is 2.24. The third-order valence-electron chi connectivity index (χ3n) is 2.74. The highest BCUT2D eigenvalue weighted by molar-refractivity contribution is 5.92. The summed E-state index contributed by atoms with van der Waals surface area (Å²) in [7, 11) is 0. The third-order valence-corrected chi connectivity index (χ3v) is 2.74. The smallest absolute Gasteiger partial charge is 0.338 e. The molecule has 0 radical (unpaired) electrons. The average Bonchev–Trinajstić information content (AvgIpc) is 2.56. The second-order valence-corrected chi connectivity index (χ2v) is 4.05. The summed E-state index contributed by atoms with van der Waals surface area (Å²) in [5.41, 5.74) is 0.476. The fourth-order valence-electron chi connectivity index (χ4n) is 1.80. The minimum absolute atomic E-state index is 0.188. The van der Waals surface area contributed by atoms with Crippen LogP contribution in [0.5, 0.6) is 0 Å². The van der Waals surface area contributed by atoms with Crippen molar-refractivity contribution in [3.8, 4) is 0 Å². The molecule has 90 valence electrons. The number of ether oxygens (including phenoxy) is 1. The molecule has 1 heterocycles. The van der Waals surface area contributed by atoms with E-state index in [1.165, 1.54) is 0 Å². The van der Waals surface area contributed by atoms with E-state index in [4.69, 9.17) is 4.74 Å². The molecule has 0 bridgehead atoms. The van der Waals surface area contributed by atoms with Crippen molar-refractivity contribution >= 4 is 11.9 Å². The predicted molar refractivity (Wildman–Crippen MR) is 62.5 cm³/mol. The SMILES string of the molecule is O=C(OC1CCCCNC1=O)c1ccccc1. The van der Waals surface area contributed by atoms with Gasteiger partial charge in [-0.1, -0.05) is 18.2 Å². The van der Waals surface area contributed by atoms with E-state index in [9.17, 15) is 9.59 Å². The first-order valence-electron chi connectivity index (χ1n) is 5.81. The Morgan fingerprint density at radius 2 is 2.00 bits per heavy atom. The van der Waals surface area contributed by atoms with E-state index < -0.39 is 12.1 Å². The maximum atomic E-state index is 11.8. The van der Waals surface area contributed by atoms with Crippen LogP contribution in [0, 0.1) is 0 Å². The van der Waals surface area contributed by atoms with Crippen molar-refractivity contribution < 1.29 is 14.3 Å². The Bertz CT molecular complexity index is 402. The maximum Gasteiger partial charge on any atom is 0.338 e. The highest BCUT2D eigenvalue weighted by Crippen LogP contribution is 2.11. The van der Waals surface area contributed by atoms with Crippen LogP contribution in [0.1, 0.15) is 29.6 Å². The number of rotatable bonds is 2. The van der Waals surface area contributed by atoms with Gasteiger partial charge in [-0.15, -0.1) is 0 Å². The van der Waals surface area contributed by atoms with E-state index >= 15 is 0 Å². The lowest BCUT2D eigenvalue weighted by molar-refractivity contribution is -0.129. The average molecular weight is 233 g/mol. The van der Waals surface area contributed by atoms with Crippen molar-refractivity contribution in [3.05, 3.63) is 35.9 Å². The van der Waals surface area contributed by atoms with Gasteiger partial charge >= 0.3 is 5.97 Å². The zero-order valence-corrected chi connectivity index (χ0v) is 9.52. The van der Waals surface area contributed by atoms with Crippen molar-refractivity contribution in [1.82, 2.24) is 5.32 Å². The quantitative estimate of drug-likeness (QED) is 0.788. The number of nitrogens with one attached hydrogen (secondary N) is 1. The van der Waals surface area contributed by atoms with Crippen molar-refractivity contribution in [3.63, 3.8) is 0 Å². The summed E-state index contributed by atoms with van der Waals surface area (Å²) < 4.78 is 5.22. The van der Waals surface area contributed by atoms with Crippen LogP contribution >= 0.6 is 0 Å². The van der Waals surface area contributed by atoms with Gasteiger partial charge in [-0.05, 0) is 31.4 Å². The van der Waals surface area contributed by atoms with Gasteiger partial charge in [-0.2, -0.15) is 0 Å². The lowest BCUT2D eigenvalue weighted by Crippen LogP contribution is -2.36. The molecule has 1 N–H and O–H groups in total. The molecule has 0 aromatic heterocycles. The first kappa shape index (κ1) is 11.6. The zero-order valence-electron chi connectivity index (χ0n) is 9.52. The van der Waals surface area contributed by atoms with Crippen LogP contribution in [0.2, 0.25) is 0 Å². The van der Waals surface area contributed by atoms with E-state index in [0.717, 1.165) is 12.8 Å². The molecule has 1 unspecified atom stereocenters. The molecule has 4 heteroatoms. The molecule has 1 aromatic rings. The summed E-state index contributed by atoms with van der Waals surface area (Å²) in [5, 5.41) is 2.74. The molecule has 17 heavy (non-hydrogen) atoms. The Morgan fingerprint density at radius 3 is 2.76 bits per heavy atom. The molecule has 0 spiro atoms. The summed E-state index contributed by atoms with van der Waals surface area (Å²) >= 11 is 0. The minimum atomic E-state index is -0.648. The molecule has 0 aliphatic carbocycles. The first-order valence-corrected chi connectivity index (χ1v) is 5.81. The standard InChI is InChI=1S/C13H15NO3/c15-12-11(8-4-5-9-14-12)17-13(16)10-6-2-1-3-7-10/h1-3,6-7,11H,4-5,8-9H2,(H,14,15). The van der Waals surface area contributed by atoms with Gasteiger partial charge in [0.2, 0.25) is 0 Å². The van der Waals surface area contributed by atoms with Crippen molar-refractivity contribution in [1.29, 1.82) is 0 Å². The van der Waals surface area contributed by atoms with Crippen LogP contribution in [0.4, 0.5) is 0 Å². The normalized spacial score (nSPS) is 20.2. The molecule has 1 fully saturated rings. The number of benzene rings is 1. The van der Waals surface area contributed by atoms with Crippen LogP contribution < -0.4 is 5.32 Å². The summed E-state index contributed by atoms with van der Waals surface area (Å²) in [6.45, 7) is 0.665. The molecule has 1 aromatic carbocycles. The second-order valence-electron chi connectivity index (χ2n) is 4.05. The lowest BCUT2D eigenvalue weighted by atomic mass is 10.1. The minimum Gasteiger partial charge on any atom is -0.449 e. The van der Waals surface area contributed by atoms with Crippen molar-refractivity contribution in [2.75, 3.05) is 6.54 Å². The fraction of sp³-hybridized carbons (Fsp3) is 0.385. The predicted octanol–water partition coefficient (Wildman–Crippen LogP) is 1.51. The van der Waals surface area contributed by atoms with Gasteiger partial charge in [-0.3, -0.25) is 4.79 Å². The number of carbonyl (C=O) groups is 2. The first-order chi connectivity index (χ1) is 8.27. The zero-order chi connectivity index (χ0) is 12.1. The van der Waals surface area contributed by atoms with Gasteiger partial charge in [0.1, 0.15) is 0 Å². The Labute approximate surface area is 100.0 Å². The monoisotopic (exact) mass is 233 g/mol. The summed E-state index contributed by atoms with van der Waals surface area (Å²) in [4.78, 5) is 23.4. The molecule has 4 nitrogen and oxygen atoms in total. The maximum absolute atomic E-state index is 11.8. The molecule has 1 atom stereocenters. The number of amides is 1. The third kappa shape index (κ3) is 3.06. The van der Waals surface area contributed by atoms with Gasteiger partial charge in [0.15, 0.2) is 6.10 Å². The van der Waals surface area contributed by atoms with Gasteiger partial charge in [0.05, 0.1) is 5.56 Å². The van der Waals surface area contributed by atoms with Crippen LogP contribution in [0.15, 0.2) is 30.3 Å². The Kier molecular flexibility index (Phi) is 3.75. The second kappa shape index (κ2) is 5.48. The van der Waals surface area contributed by atoms with E-state index in [1.54, 1.807) is 24.3 Å². The highest BCUT2D eigenvalue weighted by atomic mass is 16.5. The van der Waals surface area contributed by atoms with Crippen molar-refractivity contribution in [2.24, 2.45) is 0 Å². The van der Waals surface area contributed by atoms with Gasteiger partial charge < -0.3 is 10.1 Å². The lowest BCUT2D eigenvalue weighted by Gasteiger charge is -2.14. The molecular weight excluding hydrogens is 218 g/mol. The van der Waals surface area contributed by atoms with E-state index in [0.29, 0.717) is 18.5 Å².